The zero-order valence-electron chi connectivity index (χ0n) is 9.27. The highest BCUT2D eigenvalue weighted by molar-refractivity contribution is 9.10. The van der Waals surface area contributed by atoms with Gasteiger partial charge in [-0.05, 0) is 48.9 Å². The number of carbonyl (C=O) groups is 1. The van der Waals surface area contributed by atoms with E-state index in [0.29, 0.717) is 11.1 Å². The van der Waals surface area contributed by atoms with Crippen LogP contribution in [0.1, 0.15) is 21.5 Å². The van der Waals surface area contributed by atoms with E-state index in [-0.39, 0.29) is 11.5 Å². The van der Waals surface area contributed by atoms with Crippen molar-refractivity contribution in [2.75, 3.05) is 0 Å². The topological polar surface area (TPSA) is 37.3 Å². The molecular weight excluding hydrogens is 280 g/mol. The van der Waals surface area contributed by atoms with Gasteiger partial charge in [0, 0.05) is 15.6 Å². The van der Waals surface area contributed by atoms with Gasteiger partial charge in [0.15, 0.2) is 5.78 Å². The van der Waals surface area contributed by atoms with Gasteiger partial charge in [-0.2, -0.15) is 0 Å². The van der Waals surface area contributed by atoms with Crippen LogP contribution < -0.4 is 0 Å². The number of phenolic OH excluding ortho intramolecular Hbond substituents is 1. The molecule has 17 heavy (non-hydrogen) atoms. The van der Waals surface area contributed by atoms with Crippen LogP contribution in [0.3, 0.4) is 0 Å². The Bertz CT molecular complexity index is 559. The molecule has 0 saturated heterocycles. The van der Waals surface area contributed by atoms with Gasteiger partial charge >= 0.3 is 0 Å². The van der Waals surface area contributed by atoms with E-state index in [1.807, 2.05) is 25.1 Å². The number of hydrogen-bond donors (Lipinski definition) is 1. The minimum absolute atomic E-state index is 0.0381. The molecule has 0 bridgehead atoms. The highest BCUT2D eigenvalue weighted by atomic mass is 79.9. The van der Waals surface area contributed by atoms with E-state index < -0.39 is 0 Å². The Morgan fingerprint density at radius 2 is 1.76 bits per heavy atom. The fraction of sp³-hybridized carbons (Fsp3) is 0.0714. The number of ketones is 1. The highest BCUT2D eigenvalue weighted by Gasteiger charge is 2.11. The Kier molecular flexibility index (Phi) is 3.29. The van der Waals surface area contributed by atoms with Crippen LogP contribution in [0.15, 0.2) is 46.9 Å². The lowest BCUT2D eigenvalue weighted by Crippen LogP contribution is -2.03. The van der Waals surface area contributed by atoms with Gasteiger partial charge in [-0.25, -0.2) is 0 Å². The first-order chi connectivity index (χ1) is 8.08. The zero-order valence-corrected chi connectivity index (χ0v) is 10.9. The van der Waals surface area contributed by atoms with E-state index in [9.17, 15) is 9.90 Å². The summed E-state index contributed by atoms with van der Waals surface area (Å²) in [6.07, 6.45) is 0. The number of phenols is 1. The summed E-state index contributed by atoms with van der Waals surface area (Å²) >= 11 is 3.36. The number of aryl methyl sites for hydroxylation is 1. The quantitative estimate of drug-likeness (QED) is 0.857. The number of carbonyl (C=O) groups excluding carboxylic acids is 1. The van der Waals surface area contributed by atoms with Crippen molar-refractivity contribution in [3.63, 3.8) is 0 Å². The first-order valence-electron chi connectivity index (χ1n) is 5.18. The maximum Gasteiger partial charge on any atom is 0.193 e. The van der Waals surface area contributed by atoms with E-state index in [2.05, 4.69) is 15.9 Å². The van der Waals surface area contributed by atoms with E-state index in [0.717, 1.165) is 10.0 Å². The molecule has 0 aromatic heterocycles. The summed E-state index contributed by atoms with van der Waals surface area (Å²) in [5.41, 5.74) is 2.18. The molecule has 86 valence electrons. The molecule has 0 aliphatic heterocycles. The van der Waals surface area contributed by atoms with E-state index in [1.165, 1.54) is 12.1 Å². The summed E-state index contributed by atoms with van der Waals surface area (Å²) in [6, 6.07) is 11.9. The molecule has 0 radical (unpaired) electrons. The van der Waals surface area contributed by atoms with Gasteiger partial charge in [0.05, 0.1) is 0 Å². The average molecular weight is 291 g/mol. The van der Waals surface area contributed by atoms with Gasteiger partial charge < -0.3 is 5.11 Å². The van der Waals surface area contributed by atoms with Gasteiger partial charge in [0.2, 0.25) is 0 Å². The van der Waals surface area contributed by atoms with Crippen LogP contribution in [-0.2, 0) is 0 Å². The Hall–Kier alpha value is -1.61. The fourth-order valence-corrected chi connectivity index (χ4v) is 1.97. The van der Waals surface area contributed by atoms with Crippen molar-refractivity contribution in [1.82, 2.24) is 0 Å². The van der Waals surface area contributed by atoms with Crippen molar-refractivity contribution in [2.24, 2.45) is 0 Å². The summed E-state index contributed by atoms with van der Waals surface area (Å²) in [7, 11) is 0. The smallest absolute Gasteiger partial charge is 0.193 e. The number of halogens is 1. The molecule has 2 aromatic carbocycles. The van der Waals surface area contributed by atoms with E-state index in [4.69, 9.17) is 0 Å². The van der Waals surface area contributed by atoms with Crippen molar-refractivity contribution in [3.05, 3.63) is 63.6 Å². The Balaban J connectivity index is 2.43. The molecule has 2 nitrogen and oxygen atoms in total. The Morgan fingerprint density at radius 1 is 1.12 bits per heavy atom. The minimum atomic E-state index is -0.0381. The minimum Gasteiger partial charge on any atom is -0.508 e. The van der Waals surface area contributed by atoms with Crippen molar-refractivity contribution in [2.45, 2.75) is 6.92 Å². The molecule has 0 unspecified atom stereocenters. The van der Waals surface area contributed by atoms with Crippen molar-refractivity contribution >= 4 is 21.7 Å². The van der Waals surface area contributed by atoms with E-state index in [1.54, 1.807) is 12.1 Å². The van der Waals surface area contributed by atoms with Gasteiger partial charge in [0.1, 0.15) is 5.75 Å². The molecule has 0 amide bonds. The van der Waals surface area contributed by atoms with Crippen LogP contribution >= 0.6 is 15.9 Å². The van der Waals surface area contributed by atoms with Gasteiger partial charge in [-0.1, -0.05) is 22.0 Å². The molecule has 0 aliphatic rings. The number of rotatable bonds is 2. The maximum atomic E-state index is 12.2. The van der Waals surface area contributed by atoms with Crippen LogP contribution in [0.5, 0.6) is 5.75 Å². The predicted molar refractivity (Wildman–Crippen MR) is 70.4 cm³/mol. The number of aromatic hydroxyl groups is 1. The molecule has 0 atom stereocenters. The van der Waals surface area contributed by atoms with Crippen LogP contribution in [0.25, 0.3) is 0 Å². The zero-order chi connectivity index (χ0) is 12.4. The van der Waals surface area contributed by atoms with Crippen LogP contribution in [0, 0.1) is 6.92 Å². The Labute approximate surface area is 108 Å². The van der Waals surface area contributed by atoms with Crippen molar-refractivity contribution in [1.29, 1.82) is 0 Å². The molecule has 2 aromatic rings. The normalized spacial score (nSPS) is 10.2. The van der Waals surface area contributed by atoms with Crippen molar-refractivity contribution < 1.29 is 9.90 Å². The molecule has 0 fully saturated rings. The van der Waals surface area contributed by atoms with Crippen molar-refractivity contribution in [3.8, 4) is 5.75 Å². The number of hydrogen-bond acceptors (Lipinski definition) is 2. The molecule has 0 spiro atoms. The second-order valence-electron chi connectivity index (χ2n) is 3.84. The third kappa shape index (κ3) is 2.56. The Morgan fingerprint density at radius 3 is 2.41 bits per heavy atom. The lowest BCUT2D eigenvalue weighted by atomic mass is 9.99. The summed E-state index contributed by atoms with van der Waals surface area (Å²) < 4.78 is 0.880. The second kappa shape index (κ2) is 4.72. The third-order valence-electron chi connectivity index (χ3n) is 2.57. The van der Waals surface area contributed by atoms with Gasteiger partial charge in [-0.15, -0.1) is 0 Å². The SMILES string of the molecule is Cc1ccc(Br)cc1C(=O)c1ccc(O)cc1. The summed E-state index contributed by atoms with van der Waals surface area (Å²) in [5.74, 6) is 0.122. The maximum absolute atomic E-state index is 12.2. The molecule has 0 aliphatic carbocycles. The standard InChI is InChI=1S/C14H11BrO2/c1-9-2-5-11(15)8-13(9)14(17)10-3-6-12(16)7-4-10/h2-8,16H,1H3. The second-order valence-corrected chi connectivity index (χ2v) is 4.75. The van der Waals surface area contributed by atoms with Crippen LogP contribution in [-0.4, -0.2) is 10.9 Å². The van der Waals surface area contributed by atoms with Gasteiger partial charge in [0.25, 0.3) is 0 Å². The van der Waals surface area contributed by atoms with E-state index >= 15 is 0 Å². The number of benzene rings is 2. The van der Waals surface area contributed by atoms with Crippen LogP contribution in [0.4, 0.5) is 0 Å². The lowest BCUT2D eigenvalue weighted by Gasteiger charge is -2.05. The highest BCUT2D eigenvalue weighted by Crippen LogP contribution is 2.20. The molecule has 2 rings (SSSR count). The van der Waals surface area contributed by atoms with Crippen LogP contribution in [0.2, 0.25) is 0 Å². The molecular formula is C14H11BrO2. The fourth-order valence-electron chi connectivity index (χ4n) is 1.61. The summed E-state index contributed by atoms with van der Waals surface area (Å²) in [5, 5.41) is 9.19. The largest absolute Gasteiger partial charge is 0.508 e. The molecule has 0 heterocycles. The summed E-state index contributed by atoms with van der Waals surface area (Å²) in [6.45, 7) is 1.90. The van der Waals surface area contributed by atoms with Gasteiger partial charge in [-0.3, -0.25) is 4.79 Å². The first kappa shape index (κ1) is 11.9. The lowest BCUT2D eigenvalue weighted by molar-refractivity contribution is 0.103. The predicted octanol–water partition coefficient (Wildman–Crippen LogP) is 3.69. The monoisotopic (exact) mass is 290 g/mol. The molecule has 3 heteroatoms. The average Bonchev–Trinajstić information content (AvgIpc) is 2.32. The molecule has 0 saturated carbocycles. The summed E-state index contributed by atoms with van der Waals surface area (Å²) in [4.78, 5) is 12.2. The third-order valence-corrected chi connectivity index (χ3v) is 3.07. The first-order valence-corrected chi connectivity index (χ1v) is 5.97. The molecule has 1 N–H and O–H groups in total.